The van der Waals surface area contributed by atoms with Crippen LogP contribution >= 0.6 is 11.6 Å². The highest BCUT2D eigenvalue weighted by Gasteiger charge is 2.21. The second-order valence-corrected chi connectivity index (χ2v) is 6.18. The third kappa shape index (κ3) is 3.66. The molecule has 0 bridgehead atoms. The molecular formula is C17H22ClN3. The van der Waals surface area contributed by atoms with Crippen LogP contribution in [0.4, 0.5) is 0 Å². The molecule has 1 aliphatic carbocycles. The van der Waals surface area contributed by atoms with E-state index < -0.39 is 0 Å². The summed E-state index contributed by atoms with van der Waals surface area (Å²) in [7, 11) is 0. The van der Waals surface area contributed by atoms with Crippen molar-refractivity contribution >= 4 is 11.6 Å². The SMILES string of the molecule is CCCc1c(CNC2CC2)cnn1Cc1ccccc1Cl. The van der Waals surface area contributed by atoms with E-state index in [1.54, 1.807) is 0 Å². The minimum Gasteiger partial charge on any atom is -0.310 e. The van der Waals surface area contributed by atoms with Crippen LogP contribution in [0.1, 0.15) is 43.0 Å². The maximum absolute atomic E-state index is 6.27. The molecule has 1 aromatic heterocycles. The van der Waals surface area contributed by atoms with Crippen molar-refractivity contribution < 1.29 is 0 Å². The predicted octanol–water partition coefficient (Wildman–Crippen LogP) is 3.79. The van der Waals surface area contributed by atoms with Crippen molar-refractivity contribution in [2.75, 3.05) is 0 Å². The number of hydrogen-bond acceptors (Lipinski definition) is 2. The van der Waals surface area contributed by atoms with Crippen LogP contribution in [0.5, 0.6) is 0 Å². The zero-order valence-corrected chi connectivity index (χ0v) is 13.2. The fourth-order valence-corrected chi connectivity index (χ4v) is 2.78. The molecule has 4 heteroatoms. The smallest absolute Gasteiger partial charge is 0.0677 e. The fourth-order valence-electron chi connectivity index (χ4n) is 2.59. The van der Waals surface area contributed by atoms with Gasteiger partial charge < -0.3 is 5.32 Å². The third-order valence-electron chi connectivity index (χ3n) is 3.96. The van der Waals surface area contributed by atoms with Crippen LogP contribution in [0.15, 0.2) is 30.5 Å². The summed E-state index contributed by atoms with van der Waals surface area (Å²) < 4.78 is 2.11. The molecule has 2 aromatic rings. The summed E-state index contributed by atoms with van der Waals surface area (Å²) in [5.74, 6) is 0. The van der Waals surface area contributed by atoms with Gasteiger partial charge in [0, 0.05) is 28.9 Å². The predicted molar refractivity (Wildman–Crippen MR) is 86.6 cm³/mol. The first-order chi connectivity index (χ1) is 10.3. The Bertz CT molecular complexity index is 602. The maximum Gasteiger partial charge on any atom is 0.0677 e. The van der Waals surface area contributed by atoms with Gasteiger partial charge in [-0.3, -0.25) is 4.68 Å². The van der Waals surface area contributed by atoms with Crippen molar-refractivity contribution in [3.63, 3.8) is 0 Å². The quantitative estimate of drug-likeness (QED) is 0.843. The van der Waals surface area contributed by atoms with Crippen LogP contribution < -0.4 is 5.32 Å². The Morgan fingerprint density at radius 3 is 2.81 bits per heavy atom. The normalized spacial score (nSPS) is 14.6. The van der Waals surface area contributed by atoms with Crippen molar-refractivity contribution in [2.24, 2.45) is 0 Å². The highest BCUT2D eigenvalue weighted by molar-refractivity contribution is 6.31. The van der Waals surface area contributed by atoms with Crippen LogP contribution in [-0.2, 0) is 19.5 Å². The molecule has 0 spiro atoms. The molecule has 0 saturated heterocycles. The molecular weight excluding hydrogens is 282 g/mol. The van der Waals surface area contributed by atoms with Gasteiger partial charge in [0.2, 0.25) is 0 Å². The molecule has 1 fully saturated rings. The average Bonchev–Trinajstić information content (AvgIpc) is 3.24. The van der Waals surface area contributed by atoms with E-state index in [9.17, 15) is 0 Å². The first-order valence-corrected chi connectivity index (χ1v) is 8.16. The van der Waals surface area contributed by atoms with Gasteiger partial charge in [-0.1, -0.05) is 43.1 Å². The molecule has 0 atom stereocenters. The zero-order valence-electron chi connectivity index (χ0n) is 12.5. The summed E-state index contributed by atoms with van der Waals surface area (Å²) in [5.41, 5.74) is 3.79. The van der Waals surface area contributed by atoms with E-state index in [2.05, 4.69) is 28.1 Å². The summed E-state index contributed by atoms with van der Waals surface area (Å²) in [6.45, 7) is 3.89. The molecule has 1 aliphatic rings. The van der Waals surface area contributed by atoms with Crippen molar-refractivity contribution in [3.8, 4) is 0 Å². The van der Waals surface area contributed by atoms with Crippen LogP contribution in [-0.4, -0.2) is 15.8 Å². The molecule has 3 rings (SSSR count). The van der Waals surface area contributed by atoms with E-state index in [0.29, 0.717) is 0 Å². The molecule has 1 heterocycles. The summed E-state index contributed by atoms with van der Waals surface area (Å²) in [6, 6.07) is 8.73. The molecule has 0 radical (unpaired) electrons. The largest absolute Gasteiger partial charge is 0.310 e. The molecule has 0 aliphatic heterocycles. The van der Waals surface area contributed by atoms with Crippen LogP contribution in [0.25, 0.3) is 0 Å². The Balaban J connectivity index is 1.78. The van der Waals surface area contributed by atoms with E-state index in [0.717, 1.165) is 42.6 Å². The van der Waals surface area contributed by atoms with Gasteiger partial charge in [-0.05, 0) is 30.9 Å². The Labute approximate surface area is 131 Å². The minimum atomic E-state index is 0.728. The second-order valence-electron chi connectivity index (χ2n) is 5.77. The Morgan fingerprint density at radius 2 is 2.10 bits per heavy atom. The molecule has 0 amide bonds. The molecule has 1 aromatic carbocycles. The van der Waals surface area contributed by atoms with Gasteiger partial charge in [0.15, 0.2) is 0 Å². The first kappa shape index (κ1) is 14.6. The third-order valence-corrected chi connectivity index (χ3v) is 4.33. The number of hydrogen-bond donors (Lipinski definition) is 1. The van der Waals surface area contributed by atoms with Crippen molar-refractivity contribution in [2.45, 2.75) is 51.7 Å². The lowest BCUT2D eigenvalue weighted by Gasteiger charge is -2.10. The fraction of sp³-hybridized carbons (Fsp3) is 0.471. The van der Waals surface area contributed by atoms with E-state index in [1.165, 1.54) is 24.1 Å². The molecule has 0 unspecified atom stereocenters. The maximum atomic E-state index is 6.27. The molecule has 1 saturated carbocycles. The monoisotopic (exact) mass is 303 g/mol. The van der Waals surface area contributed by atoms with Gasteiger partial charge in [-0.15, -0.1) is 0 Å². The summed E-state index contributed by atoms with van der Waals surface area (Å²) >= 11 is 6.27. The number of aromatic nitrogens is 2. The Morgan fingerprint density at radius 1 is 1.29 bits per heavy atom. The van der Waals surface area contributed by atoms with Crippen molar-refractivity contribution in [1.29, 1.82) is 0 Å². The van der Waals surface area contributed by atoms with Gasteiger partial charge in [-0.25, -0.2) is 0 Å². The van der Waals surface area contributed by atoms with Crippen LogP contribution in [0.3, 0.4) is 0 Å². The number of rotatable bonds is 7. The van der Waals surface area contributed by atoms with Crippen molar-refractivity contribution in [1.82, 2.24) is 15.1 Å². The highest BCUT2D eigenvalue weighted by Crippen LogP contribution is 2.22. The second kappa shape index (κ2) is 6.63. The summed E-state index contributed by atoms with van der Waals surface area (Å²) in [6.07, 6.45) is 6.84. The number of benzene rings is 1. The van der Waals surface area contributed by atoms with Gasteiger partial charge in [0.1, 0.15) is 0 Å². The van der Waals surface area contributed by atoms with E-state index in [-0.39, 0.29) is 0 Å². The molecule has 21 heavy (non-hydrogen) atoms. The van der Waals surface area contributed by atoms with Gasteiger partial charge in [0.25, 0.3) is 0 Å². The van der Waals surface area contributed by atoms with E-state index >= 15 is 0 Å². The number of nitrogens with one attached hydrogen (secondary N) is 1. The minimum absolute atomic E-state index is 0.728. The molecule has 1 N–H and O–H groups in total. The zero-order chi connectivity index (χ0) is 14.7. The summed E-state index contributed by atoms with van der Waals surface area (Å²) in [5, 5.41) is 8.98. The summed E-state index contributed by atoms with van der Waals surface area (Å²) in [4.78, 5) is 0. The lowest BCUT2D eigenvalue weighted by molar-refractivity contribution is 0.626. The van der Waals surface area contributed by atoms with Gasteiger partial charge >= 0.3 is 0 Å². The van der Waals surface area contributed by atoms with E-state index in [1.807, 2.05) is 24.4 Å². The Kier molecular flexibility index (Phi) is 4.61. The van der Waals surface area contributed by atoms with Gasteiger partial charge in [-0.2, -0.15) is 5.10 Å². The standard InChI is InChI=1S/C17H22ClN3/c1-2-5-17-14(10-19-15-8-9-15)11-20-21(17)12-13-6-3-4-7-16(13)18/h3-4,6-7,11,15,19H,2,5,8-10,12H2,1H3. The van der Waals surface area contributed by atoms with E-state index in [4.69, 9.17) is 11.6 Å². The lowest BCUT2D eigenvalue weighted by atomic mass is 10.1. The first-order valence-electron chi connectivity index (χ1n) is 7.78. The van der Waals surface area contributed by atoms with Crippen LogP contribution in [0, 0.1) is 0 Å². The lowest BCUT2D eigenvalue weighted by Crippen LogP contribution is -2.17. The Hall–Kier alpha value is -1.32. The number of halogens is 1. The van der Waals surface area contributed by atoms with Crippen molar-refractivity contribution in [3.05, 3.63) is 52.3 Å². The highest BCUT2D eigenvalue weighted by atomic mass is 35.5. The average molecular weight is 304 g/mol. The molecule has 3 nitrogen and oxygen atoms in total. The topological polar surface area (TPSA) is 29.9 Å². The van der Waals surface area contributed by atoms with Crippen LogP contribution in [0.2, 0.25) is 5.02 Å². The number of nitrogens with zero attached hydrogens (tertiary/aromatic N) is 2. The molecule has 112 valence electrons. The van der Waals surface area contributed by atoms with Gasteiger partial charge in [0.05, 0.1) is 12.7 Å².